The highest BCUT2D eigenvalue weighted by Crippen LogP contribution is 2.43. The second-order valence-electron chi connectivity index (χ2n) is 18.7. The molecule has 3 unspecified atom stereocenters. The first-order valence-corrected chi connectivity index (χ1v) is 30.9. The van der Waals surface area contributed by atoms with Crippen LogP contribution in [0.4, 0.5) is 0 Å². The van der Waals surface area contributed by atoms with Gasteiger partial charge in [0.1, 0.15) is 12.7 Å². The minimum Gasteiger partial charge on any atom is -0.462 e. The van der Waals surface area contributed by atoms with Gasteiger partial charge >= 0.3 is 25.7 Å². The third-order valence-corrected chi connectivity index (χ3v) is 12.4. The van der Waals surface area contributed by atoms with Crippen LogP contribution in [0.15, 0.2) is 158 Å². The number of hydrogen-bond donors (Lipinski definition) is 2. The van der Waals surface area contributed by atoms with Crippen molar-refractivity contribution in [3.63, 3.8) is 0 Å². The Morgan fingerprint density at radius 1 is 0.385 bits per heavy atom. The zero-order valence-corrected chi connectivity index (χ0v) is 49.2. The average molecular weight is 1100 g/mol. The molecule has 11 nitrogen and oxygen atoms in total. The molecule has 0 saturated heterocycles. The molecule has 0 aromatic heterocycles. The van der Waals surface area contributed by atoms with Gasteiger partial charge in [-0.25, -0.2) is 4.57 Å². The Labute approximate surface area is 473 Å². The number of carbonyl (C=O) groups excluding carboxylic acids is 3. The van der Waals surface area contributed by atoms with Crippen molar-refractivity contribution in [1.82, 2.24) is 0 Å². The lowest BCUT2D eigenvalue weighted by molar-refractivity contribution is -0.161. The Kier molecular flexibility index (Phi) is 54.6. The van der Waals surface area contributed by atoms with Gasteiger partial charge in [0.25, 0.3) is 0 Å². The number of unbranched alkanes of at least 4 members (excludes halogenated alkanes) is 10. The van der Waals surface area contributed by atoms with Crippen LogP contribution in [0.3, 0.4) is 0 Å². The predicted octanol–water partition coefficient (Wildman–Crippen LogP) is 17.7. The summed E-state index contributed by atoms with van der Waals surface area (Å²) in [6.07, 6.45) is 76.7. The number of aliphatic hydroxyl groups excluding tert-OH is 1. The van der Waals surface area contributed by atoms with Gasteiger partial charge in [0, 0.05) is 12.8 Å². The summed E-state index contributed by atoms with van der Waals surface area (Å²) in [5, 5.41) is 9.80. The molecule has 0 fully saturated rings. The van der Waals surface area contributed by atoms with E-state index in [4.69, 9.17) is 23.3 Å². The Balaban J connectivity index is 4.95. The molecular formula is C66H103O11P. The fourth-order valence-electron chi connectivity index (χ4n) is 7.07. The maximum absolute atomic E-state index is 12.9. The summed E-state index contributed by atoms with van der Waals surface area (Å²) < 4.78 is 39.3. The van der Waals surface area contributed by atoms with E-state index in [1.807, 2.05) is 30.4 Å². The molecule has 0 aromatic rings. The van der Waals surface area contributed by atoms with E-state index < -0.39 is 64.4 Å². The highest BCUT2D eigenvalue weighted by Gasteiger charge is 2.28. The van der Waals surface area contributed by atoms with Crippen molar-refractivity contribution < 1.29 is 52.2 Å². The highest BCUT2D eigenvalue weighted by atomic mass is 31.2. The second kappa shape index (κ2) is 58.3. The quantitative estimate of drug-likeness (QED) is 0.0197. The molecule has 0 bridgehead atoms. The molecule has 0 aliphatic heterocycles. The Morgan fingerprint density at radius 3 is 1.18 bits per heavy atom. The Hall–Kier alpha value is -4.90. The van der Waals surface area contributed by atoms with Gasteiger partial charge in [-0.1, -0.05) is 224 Å². The fourth-order valence-corrected chi connectivity index (χ4v) is 7.86. The number of carbonyl (C=O) groups is 3. The average Bonchev–Trinajstić information content (AvgIpc) is 3.43. The molecule has 0 radical (unpaired) electrons. The van der Waals surface area contributed by atoms with Gasteiger partial charge < -0.3 is 24.2 Å². The maximum Gasteiger partial charge on any atom is 0.472 e. The van der Waals surface area contributed by atoms with Gasteiger partial charge in [-0.05, 0) is 116 Å². The summed E-state index contributed by atoms with van der Waals surface area (Å²) in [5.74, 6) is -1.73. The number of esters is 3. The monoisotopic (exact) mass is 1100 g/mol. The second-order valence-corrected chi connectivity index (χ2v) is 20.2. The Bertz CT molecular complexity index is 1910. The van der Waals surface area contributed by atoms with E-state index in [0.29, 0.717) is 19.3 Å². The van der Waals surface area contributed by atoms with Crippen molar-refractivity contribution in [3.8, 4) is 0 Å². The summed E-state index contributed by atoms with van der Waals surface area (Å²) >= 11 is 0. The topological polar surface area (TPSA) is 155 Å². The summed E-state index contributed by atoms with van der Waals surface area (Å²) in [4.78, 5) is 48.5. The standard InChI is InChI=1S/C66H103O11P/c1-4-7-10-13-16-19-22-25-28-30-31-33-35-37-40-43-46-49-52-55-64(68)73-59-63(77-66(70)57-54-51-48-45-42-39-36-32-29-26-23-20-17-14-11-8-5-2)61-75-78(71,72)74-60-62(58-67)76-65(69)56-53-50-47-44-41-38-34-27-24-21-18-15-12-9-6-3/h7,9-10,12,16-21,25-29,31,33-34,37,40-41,44,46,49-50,53,62-63,67H,4-6,8,11,13-15,22-24,30,32,35-36,38-39,42-43,45,47-48,51-52,54-61H2,1-3H3,(H,71,72)/b10-7-,12-9-,19-16-,20-17-,21-18-,28-25-,29-26-,33-31-,34-27-,40-37-,44-41-,49-46-,53-50-. The van der Waals surface area contributed by atoms with Gasteiger partial charge in [-0.3, -0.25) is 23.4 Å². The number of ether oxygens (including phenoxy) is 3. The molecule has 0 saturated carbocycles. The normalized spacial score (nSPS) is 14.5. The molecule has 0 spiro atoms. The number of aliphatic hydroxyl groups is 1. The van der Waals surface area contributed by atoms with Crippen molar-refractivity contribution in [1.29, 1.82) is 0 Å². The maximum atomic E-state index is 12.9. The lowest BCUT2D eigenvalue weighted by atomic mass is 10.1. The molecule has 0 aliphatic carbocycles. The lowest BCUT2D eigenvalue weighted by Gasteiger charge is -2.21. The van der Waals surface area contributed by atoms with E-state index in [2.05, 4.69) is 142 Å². The first kappa shape index (κ1) is 73.1. The summed E-state index contributed by atoms with van der Waals surface area (Å²) in [6, 6.07) is 0. The van der Waals surface area contributed by atoms with Crippen molar-refractivity contribution in [3.05, 3.63) is 158 Å². The first-order valence-electron chi connectivity index (χ1n) is 29.4. The van der Waals surface area contributed by atoms with Gasteiger partial charge in [0.2, 0.25) is 0 Å². The molecule has 12 heteroatoms. The van der Waals surface area contributed by atoms with Gasteiger partial charge in [0.05, 0.1) is 26.2 Å². The molecule has 3 atom stereocenters. The van der Waals surface area contributed by atoms with Crippen LogP contribution in [0.2, 0.25) is 0 Å². The highest BCUT2D eigenvalue weighted by molar-refractivity contribution is 7.47. The zero-order chi connectivity index (χ0) is 56.9. The van der Waals surface area contributed by atoms with Crippen LogP contribution in [-0.2, 0) is 42.2 Å². The van der Waals surface area contributed by atoms with Gasteiger partial charge in [-0.15, -0.1) is 0 Å². The van der Waals surface area contributed by atoms with Crippen LogP contribution in [-0.4, -0.2) is 66.5 Å². The molecule has 2 N–H and O–H groups in total. The molecule has 0 heterocycles. The number of rotatable bonds is 52. The Morgan fingerprint density at radius 2 is 0.744 bits per heavy atom. The van der Waals surface area contributed by atoms with E-state index in [-0.39, 0.29) is 19.3 Å². The number of phosphoric acid groups is 1. The van der Waals surface area contributed by atoms with Gasteiger partial charge in [-0.2, -0.15) is 0 Å². The molecule has 0 aromatic carbocycles. The molecular weight excluding hydrogens is 1000 g/mol. The van der Waals surface area contributed by atoms with Crippen LogP contribution in [0.5, 0.6) is 0 Å². The van der Waals surface area contributed by atoms with Crippen LogP contribution in [0.25, 0.3) is 0 Å². The minimum atomic E-state index is -4.80. The van der Waals surface area contributed by atoms with Crippen LogP contribution < -0.4 is 0 Å². The van der Waals surface area contributed by atoms with Crippen LogP contribution in [0, 0.1) is 0 Å². The van der Waals surface area contributed by atoms with E-state index in [1.54, 1.807) is 6.08 Å². The summed E-state index contributed by atoms with van der Waals surface area (Å²) in [6.45, 7) is 4.16. The lowest BCUT2D eigenvalue weighted by Crippen LogP contribution is -2.30. The zero-order valence-electron chi connectivity index (χ0n) is 48.3. The molecule has 0 rings (SSSR count). The van der Waals surface area contributed by atoms with Crippen molar-refractivity contribution >= 4 is 25.7 Å². The molecule has 0 amide bonds. The first-order chi connectivity index (χ1) is 38.2. The van der Waals surface area contributed by atoms with Crippen molar-refractivity contribution in [2.24, 2.45) is 0 Å². The van der Waals surface area contributed by atoms with E-state index in [1.165, 1.54) is 25.7 Å². The van der Waals surface area contributed by atoms with E-state index in [9.17, 15) is 28.9 Å². The van der Waals surface area contributed by atoms with Crippen LogP contribution >= 0.6 is 7.82 Å². The molecule has 438 valence electrons. The predicted molar refractivity (Wildman–Crippen MR) is 325 cm³/mol. The van der Waals surface area contributed by atoms with Crippen LogP contribution in [0.1, 0.15) is 201 Å². The largest absolute Gasteiger partial charge is 0.472 e. The molecule has 0 aliphatic rings. The minimum absolute atomic E-state index is 0.0691. The number of allylic oxidation sites excluding steroid dienone is 25. The number of phosphoric ester groups is 1. The van der Waals surface area contributed by atoms with E-state index in [0.717, 1.165) is 116 Å². The third-order valence-electron chi connectivity index (χ3n) is 11.5. The van der Waals surface area contributed by atoms with Gasteiger partial charge in [0.15, 0.2) is 6.10 Å². The summed E-state index contributed by atoms with van der Waals surface area (Å²) in [5.41, 5.74) is 0. The fraction of sp³-hybridized carbons (Fsp3) is 0.561. The SMILES string of the molecule is CC/C=C\C/C=C\C/C=C\C/C=C\C/C=C\C/C=C\CCC(=O)OCC(COP(=O)(O)OCC(CO)OC(=O)C/C=C\C/C=C\C/C=C\C/C=C\C/C=C\CC)OC(=O)CCCCCCCCC/C=C\C/C=C\CCCCC. The summed E-state index contributed by atoms with van der Waals surface area (Å²) in [7, 11) is -4.80. The number of hydrogen-bond acceptors (Lipinski definition) is 10. The third kappa shape index (κ3) is 55.8. The van der Waals surface area contributed by atoms with Crippen molar-refractivity contribution in [2.45, 2.75) is 213 Å². The van der Waals surface area contributed by atoms with Crippen molar-refractivity contribution in [2.75, 3.05) is 26.4 Å². The molecule has 78 heavy (non-hydrogen) atoms. The van der Waals surface area contributed by atoms with E-state index >= 15 is 0 Å². The smallest absolute Gasteiger partial charge is 0.462 e.